The smallest absolute Gasteiger partial charge is 0.326 e. The van der Waals surface area contributed by atoms with Crippen LogP contribution >= 0.6 is 13.5 Å². The highest BCUT2D eigenvalue weighted by molar-refractivity contribution is 7.59. The van der Waals surface area contributed by atoms with Gasteiger partial charge in [-0.3, -0.25) is 14.8 Å². The molecule has 8 heteroatoms. The van der Waals surface area contributed by atoms with Crippen molar-refractivity contribution in [1.82, 2.24) is 15.3 Å². The third-order valence-corrected chi connectivity index (χ3v) is 5.97. The number of aliphatic carboxylic acids is 1. The summed E-state index contributed by atoms with van der Waals surface area (Å²) >= 11 is 0. The molecule has 1 amide bonds. The van der Waals surface area contributed by atoms with Gasteiger partial charge in [-0.25, -0.2) is 4.79 Å². The molecule has 2 heterocycles. The SMILES string of the molecule is O=C(N[C@@H](Cc1ccc(OCCCc2ccc3c(n2)CCCC3)cc1)C(=O)O)c1cccnc1.S. The van der Waals surface area contributed by atoms with Crippen molar-refractivity contribution in [2.24, 2.45) is 0 Å². The van der Waals surface area contributed by atoms with Crippen molar-refractivity contribution in [2.45, 2.75) is 51.0 Å². The number of nitrogens with one attached hydrogen (secondary N) is 1. The van der Waals surface area contributed by atoms with Gasteiger partial charge in [0.2, 0.25) is 0 Å². The summed E-state index contributed by atoms with van der Waals surface area (Å²) in [5, 5.41) is 12.1. The molecule has 184 valence electrons. The van der Waals surface area contributed by atoms with Gasteiger partial charge in [0.05, 0.1) is 12.2 Å². The number of carbonyl (C=O) groups is 2. The van der Waals surface area contributed by atoms with E-state index >= 15 is 0 Å². The molecule has 0 unspecified atom stereocenters. The van der Waals surface area contributed by atoms with Crippen molar-refractivity contribution in [1.29, 1.82) is 0 Å². The fourth-order valence-electron chi connectivity index (χ4n) is 4.11. The molecule has 3 aromatic rings. The first-order valence-electron chi connectivity index (χ1n) is 11.7. The lowest BCUT2D eigenvalue weighted by molar-refractivity contribution is -0.139. The molecule has 0 saturated carbocycles. The minimum atomic E-state index is -1.09. The van der Waals surface area contributed by atoms with Crippen molar-refractivity contribution in [3.63, 3.8) is 0 Å². The van der Waals surface area contributed by atoms with Crippen molar-refractivity contribution in [3.05, 3.63) is 89.0 Å². The number of benzene rings is 1. The summed E-state index contributed by atoms with van der Waals surface area (Å²) in [5.41, 5.74) is 4.89. The Morgan fingerprint density at radius 1 is 1.06 bits per heavy atom. The van der Waals surface area contributed by atoms with Crippen LogP contribution in [0.25, 0.3) is 0 Å². The molecule has 1 aliphatic rings. The molecule has 1 aliphatic carbocycles. The Kier molecular flexibility index (Phi) is 9.66. The van der Waals surface area contributed by atoms with E-state index in [1.807, 2.05) is 24.3 Å². The number of carbonyl (C=O) groups excluding carboxylic acids is 1. The van der Waals surface area contributed by atoms with Crippen LogP contribution in [0.2, 0.25) is 0 Å². The van der Waals surface area contributed by atoms with Gasteiger partial charge in [-0.05, 0) is 80.0 Å². The van der Waals surface area contributed by atoms with Crippen LogP contribution in [0, 0.1) is 0 Å². The molecule has 0 fully saturated rings. The summed E-state index contributed by atoms with van der Waals surface area (Å²) in [4.78, 5) is 32.6. The summed E-state index contributed by atoms with van der Waals surface area (Å²) in [6, 6.07) is 13.8. The van der Waals surface area contributed by atoms with Crippen molar-refractivity contribution in [2.75, 3.05) is 6.61 Å². The van der Waals surface area contributed by atoms with Crippen LogP contribution in [-0.2, 0) is 30.5 Å². The van der Waals surface area contributed by atoms with E-state index in [-0.39, 0.29) is 19.9 Å². The summed E-state index contributed by atoms with van der Waals surface area (Å²) < 4.78 is 5.85. The number of rotatable bonds is 10. The molecule has 2 N–H and O–H groups in total. The number of ether oxygens (including phenoxy) is 1. The number of carboxylic acids is 1. The van der Waals surface area contributed by atoms with Gasteiger partial charge >= 0.3 is 5.97 Å². The lowest BCUT2D eigenvalue weighted by atomic mass is 9.95. The monoisotopic (exact) mass is 493 g/mol. The minimum absolute atomic E-state index is 0. The zero-order chi connectivity index (χ0) is 23.8. The van der Waals surface area contributed by atoms with E-state index in [2.05, 4.69) is 22.4 Å². The van der Waals surface area contributed by atoms with Crippen LogP contribution in [0.4, 0.5) is 0 Å². The fraction of sp³-hybridized carbons (Fsp3) is 0.333. The Hall–Kier alpha value is -3.39. The zero-order valence-corrected chi connectivity index (χ0v) is 20.6. The van der Waals surface area contributed by atoms with Crippen molar-refractivity contribution in [3.8, 4) is 5.75 Å². The summed E-state index contributed by atoms with van der Waals surface area (Å²) in [6.45, 7) is 0.580. The Labute approximate surface area is 212 Å². The van der Waals surface area contributed by atoms with E-state index in [0.29, 0.717) is 12.2 Å². The minimum Gasteiger partial charge on any atom is -0.494 e. The molecule has 4 rings (SSSR count). The number of fused-ring (bicyclic) bond motifs is 1. The number of carboxylic acid groups (broad SMARTS) is 1. The molecule has 1 aromatic carbocycles. The third-order valence-electron chi connectivity index (χ3n) is 5.97. The van der Waals surface area contributed by atoms with Crippen LogP contribution in [-0.4, -0.2) is 39.6 Å². The van der Waals surface area contributed by atoms with E-state index in [4.69, 9.17) is 9.72 Å². The standard InChI is InChI=1S/C27H29N3O4.H2S/c31-26(21-6-3-15-28-18-21)30-25(27(32)33)17-19-9-13-23(14-10-19)34-16-4-7-22-12-11-20-5-1-2-8-24(20)29-22;/h3,6,9-15,18,25H,1-2,4-5,7-8,16-17H2,(H,30,31)(H,32,33);1H2/t25-;/m0./s1. The molecule has 7 nitrogen and oxygen atoms in total. The average molecular weight is 494 g/mol. The first kappa shape index (κ1) is 26.2. The van der Waals surface area contributed by atoms with Gasteiger partial charge in [0.15, 0.2) is 0 Å². The van der Waals surface area contributed by atoms with Gasteiger partial charge in [0, 0.05) is 30.2 Å². The van der Waals surface area contributed by atoms with Crippen LogP contribution in [0.3, 0.4) is 0 Å². The van der Waals surface area contributed by atoms with Crippen molar-refractivity contribution < 1.29 is 19.4 Å². The molecule has 0 bridgehead atoms. The highest BCUT2D eigenvalue weighted by Crippen LogP contribution is 2.20. The van der Waals surface area contributed by atoms with E-state index < -0.39 is 17.9 Å². The van der Waals surface area contributed by atoms with E-state index in [9.17, 15) is 14.7 Å². The Bertz CT molecular complexity index is 1120. The number of aromatic nitrogens is 2. The second kappa shape index (κ2) is 12.9. The van der Waals surface area contributed by atoms with Crippen LogP contribution in [0.15, 0.2) is 60.9 Å². The van der Waals surface area contributed by atoms with Gasteiger partial charge in [-0.2, -0.15) is 13.5 Å². The van der Waals surface area contributed by atoms with Gasteiger partial charge in [0.1, 0.15) is 11.8 Å². The maximum atomic E-state index is 12.3. The molecule has 1 atom stereocenters. The number of hydrogen-bond donors (Lipinski definition) is 2. The maximum Gasteiger partial charge on any atom is 0.326 e. The van der Waals surface area contributed by atoms with Crippen molar-refractivity contribution >= 4 is 25.4 Å². The number of nitrogens with zero attached hydrogens (tertiary/aromatic N) is 2. The van der Waals surface area contributed by atoms with Crippen LogP contribution < -0.4 is 10.1 Å². The first-order chi connectivity index (χ1) is 16.6. The lowest BCUT2D eigenvalue weighted by Crippen LogP contribution is -2.42. The largest absolute Gasteiger partial charge is 0.494 e. The molecule has 35 heavy (non-hydrogen) atoms. The predicted molar refractivity (Wildman–Crippen MR) is 138 cm³/mol. The van der Waals surface area contributed by atoms with E-state index in [0.717, 1.165) is 42.7 Å². The topological polar surface area (TPSA) is 101 Å². The molecule has 2 aromatic heterocycles. The number of amides is 1. The molecule has 0 saturated heterocycles. The van der Waals surface area contributed by atoms with Crippen LogP contribution in [0.5, 0.6) is 5.75 Å². The van der Waals surface area contributed by atoms with Gasteiger partial charge in [-0.15, -0.1) is 0 Å². The van der Waals surface area contributed by atoms with E-state index in [1.165, 1.54) is 30.3 Å². The molecular formula is C27H31N3O4S. The number of aryl methyl sites for hydroxylation is 3. The number of hydrogen-bond acceptors (Lipinski definition) is 5. The fourth-order valence-corrected chi connectivity index (χ4v) is 4.11. The second-order valence-electron chi connectivity index (χ2n) is 8.52. The Morgan fingerprint density at radius 2 is 1.86 bits per heavy atom. The summed E-state index contributed by atoms with van der Waals surface area (Å²) in [7, 11) is 0. The molecule has 0 radical (unpaired) electrons. The van der Waals surface area contributed by atoms with Crippen LogP contribution in [0.1, 0.15) is 52.1 Å². The summed E-state index contributed by atoms with van der Waals surface area (Å²) in [6.07, 6.45) is 9.60. The second-order valence-corrected chi connectivity index (χ2v) is 8.52. The maximum absolute atomic E-state index is 12.3. The molecule has 0 spiro atoms. The van der Waals surface area contributed by atoms with Gasteiger partial charge in [0.25, 0.3) is 5.91 Å². The first-order valence-corrected chi connectivity index (χ1v) is 11.7. The van der Waals surface area contributed by atoms with Gasteiger partial charge in [-0.1, -0.05) is 18.2 Å². The highest BCUT2D eigenvalue weighted by Gasteiger charge is 2.21. The molecule has 0 aliphatic heterocycles. The predicted octanol–water partition coefficient (Wildman–Crippen LogP) is 3.91. The number of pyridine rings is 2. The molecular weight excluding hydrogens is 462 g/mol. The lowest BCUT2D eigenvalue weighted by Gasteiger charge is -2.15. The highest BCUT2D eigenvalue weighted by atomic mass is 32.1. The van der Waals surface area contributed by atoms with Gasteiger partial charge < -0.3 is 15.2 Å². The zero-order valence-electron chi connectivity index (χ0n) is 19.6. The normalized spacial score (nSPS) is 13.1. The summed E-state index contributed by atoms with van der Waals surface area (Å²) in [5.74, 6) is -0.823. The Morgan fingerprint density at radius 3 is 2.60 bits per heavy atom. The third kappa shape index (κ3) is 7.55. The van der Waals surface area contributed by atoms with E-state index in [1.54, 1.807) is 18.3 Å². The average Bonchev–Trinajstić information content (AvgIpc) is 2.87. The Balaban J connectivity index is 0.00000342. The quantitative estimate of drug-likeness (QED) is 0.416.